The van der Waals surface area contributed by atoms with Crippen molar-refractivity contribution >= 4 is 0 Å². The second-order valence-electron chi connectivity index (χ2n) is 5.93. The molecule has 15 heavy (non-hydrogen) atoms. The maximum atomic E-state index is 8.73. The summed E-state index contributed by atoms with van der Waals surface area (Å²) in [5.74, 6) is 0. The van der Waals surface area contributed by atoms with E-state index in [1.54, 1.807) is 0 Å². The Bertz CT molecular complexity index is 151. The normalized spacial score (nSPS) is 16.4. The maximum Gasteiger partial charge on any atom is 0.0431 e. The van der Waals surface area contributed by atoms with E-state index in [-0.39, 0.29) is 0 Å². The predicted octanol–water partition coefficient (Wildman–Crippen LogP) is 2.95. The van der Waals surface area contributed by atoms with Crippen LogP contribution in [0.4, 0.5) is 0 Å². The SMILES string of the molecule is CC(CCCO)NC(C)CCC(C)(C)C. The Hall–Kier alpha value is -0.0800. The lowest BCUT2D eigenvalue weighted by Crippen LogP contribution is -2.35. The average Bonchev–Trinajstić information content (AvgIpc) is 2.10. The zero-order chi connectivity index (χ0) is 11.9. The molecule has 92 valence electrons. The Morgan fingerprint density at radius 1 is 1.07 bits per heavy atom. The highest BCUT2D eigenvalue weighted by atomic mass is 16.2. The smallest absolute Gasteiger partial charge is 0.0431 e. The van der Waals surface area contributed by atoms with E-state index in [1.807, 2.05) is 0 Å². The van der Waals surface area contributed by atoms with Crippen LogP contribution in [0.15, 0.2) is 0 Å². The molecule has 2 heteroatoms. The molecular formula is C13H29NO. The van der Waals surface area contributed by atoms with Gasteiger partial charge in [-0.1, -0.05) is 20.8 Å². The minimum Gasteiger partial charge on any atom is -0.396 e. The van der Waals surface area contributed by atoms with Crippen molar-refractivity contribution in [2.45, 2.75) is 72.4 Å². The molecule has 0 heterocycles. The van der Waals surface area contributed by atoms with E-state index in [0.717, 1.165) is 12.8 Å². The number of nitrogens with one attached hydrogen (secondary N) is 1. The summed E-state index contributed by atoms with van der Waals surface area (Å²) in [6.45, 7) is 11.6. The van der Waals surface area contributed by atoms with Gasteiger partial charge in [-0.3, -0.25) is 0 Å². The van der Waals surface area contributed by atoms with Crippen LogP contribution in [0.25, 0.3) is 0 Å². The first-order chi connectivity index (χ1) is 6.85. The largest absolute Gasteiger partial charge is 0.396 e. The minimum absolute atomic E-state index is 0.308. The van der Waals surface area contributed by atoms with E-state index in [1.165, 1.54) is 12.8 Å². The van der Waals surface area contributed by atoms with Crippen molar-refractivity contribution < 1.29 is 5.11 Å². The summed E-state index contributed by atoms with van der Waals surface area (Å²) in [5.41, 5.74) is 0.435. The summed E-state index contributed by atoms with van der Waals surface area (Å²) in [5, 5.41) is 12.3. The Labute approximate surface area is 95.5 Å². The lowest BCUT2D eigenvalue weighted by Gasteiger charge is -2.24. The van der Waals surface area contributed by atoms with Gasteiger partial charge in [0, 0.05) is 18.7 Å². The first kappa shape index (κ1) is 14.9. The van der Waals surface area contributed by atoms with Crippen LogP contribution in [0.1, 0.15) is 60.3 Å². The second-order valence-corrected chi connectivity index (χ2v) is 5.93. The molecule has 0 aromatic heterocycles. The molecule has 2 atom stereocenters. The molecule has 2 nitrogen and oxygen atoms in total. The molecular weight excluding hydrogens is 186 g/mol. The number of rotatable bonds is 7. The number of hydrogen-bond donors (Lipinski definition) is 2. The van der Waals surface area contributed by atoms with Crippen LogP contribution in [-0.2, 0) is 0 Å². The molecule has 0 spiro atoms. The molecule has 0 amide bonds. The zero-order valence-corrected chi connectivity index (χ0v) is 11.1. The summed E-state index contributed by atoms with van der Waals surface area (Å²) < 4.78 is 0. The van der Waals surface area contributed by atoms with Crippen molar-refractivity contribution in [3.63, 3.8) is 0 Å². The second kappa shape index (κ2) is 7.24. The third-order valence-electron chi connectivity index (χ3n) is 2.69. The van der Waals surface area contributed by atoms with Gasteiger partial charge < -0.3 is 10.4 Å². The van der Waals surface area contributed by atoms with E-state index < -0.39 is 0 Å². The molecule has 0 aliphatic heterocycles. The lowest BCUT2D eigenvalue weighted by atomic mass is 9.89. The van der Waals surface area contributed by atoms with Crippen LogP contribution in [0, 0.1) is 5.41 Å². The van der Waals surface area contributed by atoms with Gasteiger partial charge in [0.05, 0.1) is 0 Å². The van der Waals surface area contributed by atoms with Crippen LogP contribution in [0.5, 0.6) is 0 Å². The standard InChI is InChI=1S/C13H29NO/c1-11(7-6-10-15)14-12(2)8-9-13(3,4)5/h11-12,14-15H,6-10H2,1-5H3. The van der Waals surface area contributed by atoms with Gasteiger partial charge in [-0.2, -0.15) is 0 Å². The fraction of sp³-hybridized carbons (Fsp3) is 1.00. The summed E-state index contributed by atoms with van der Waals surface area (Å²) in [7, 11) is 0. The van der Waals surface area contributed by atoms with Crippen LogP contribution >= 0.6 is 0 Å². The van der Waals surface area contributed by atoms with Gasteiger partial charge in [-0.25, -0.2) is 0 Å². The van der Waals surface area contributed by atoms with E-state index in [2.05, 4.69) is 39.9 Å². The Morgan fingerprint density at radius 2 is 1.60 bits per heavy atom. The third kappa shape index (κ3) is 10.2. The fourth-order valence-electron chi connectivity index (χ4n) is 1.70. The van der Waals surface area contributed by atoms with Gasteiger partial charge in [-0.15, -0.1) is 0 Å². The van der Waals surface area contributed by atoms with Gasteiger partial charge in [0.2, 0.25) is 0 Å². The monoisotopic (exact) mass is 215 g/mol. The summed E-state index contributed by atoms with van der Waals surface area (Å²) in [4.78, 5) is 0. The van der Waals surface area contributed by atoms with Crippen LogP contribution in [0.2, 0.25) is 0 Å². The van der Waals surface area contributed by atoms with Crippen molar-refractivity contribution in [2.24, 2.45) is 5.41 Å². The molecule has 0 radical (unpaired) electrons. The molecule has 2 N–H and O–H groups in total. The average molecular weight is 215 g/mol. The quantitative estimate of drug-likeness (QED) is 0.684. The number of aliphatic hydroxyl groups excluding tert-OH is 1. The Morgan fingerprint density at radius 3 is 2.07 bits per heavy atom. The maximum absolute atomic E-state index is 8.73. The number of aliphatic hydroxyl groups is 1. The Kier molecular flexibility index (Phi) is 7.20. The van der Waals surface area contributed by atoms with Crippen molar-refractivity contribution in [3.05, 3.63) is 0 Å². The molecule has 0 fully saturated rings. The zero-order valence-electron chi connectivity index (χ0n) is 11.1. The van der Waals surface area contributed by atoms with E-state index in [4.69, 9.17) is 5.11 Å². The molecule has 0 aromatic carbocycles. The summed E-state index contributed by atoms with van der Waals surface area (Å²) in [6, 6.07) is 1.10. The highest BCUT2D eigenvalue weighted by Gasteiger charge is 2.13. The third-order valence-corrected chi connectivity index (χ3v) is 2.69. The van der Waals surface area contributed by atoms with Crippen LogP contribution in [-0.4, -0.2) is 23.8 Å². The highest BCUT2D eigenvalue weighted by molar-refractivity contribution is 4.71. The van der Waals surface area contributed by atoms with Crippen molar-refractivity contribution in [3.8, 4) is 0 Å². The molecule has 0 bridgehead atoms. The van der Waals surface area contributed by atoms with Gasteiger partial charge in [0.15, 0.2) is 0 Å². The van der Waals surface area contributed by atoms with E-state index in [0.29, 0.717) is 24.1 Å². The van der Waals surface area contributed by atoms with Gasteiger partial charge in [0.25, 0.3) is 0 Å². The van der Waals surface area contributed by atoms with E-state index >= 15 is 0 Å². The molecule has 2 unspecified atom stereocenters. The van der Waals surface area contributed by atoms with Crippen LogP contribution < -0.4 is 5.32 Å². The van der Waals surface area contributed by atoms with Crippen molar-refractivity contribution in [1.29, 1.82) is 0 Å². The lowest BCUT2D eigenvalue weighted by molar-refractivity contribution is 0.270. The first-order valence-corrected chi connectivity index (χ1v) is 6.22. The first-order valence-electron chi connectivity index (χ1n) is 6.22. The van der Waals surface area contributed by atoms with Crippen molar-refractivity contribution in [2.75, 3.05) is 6.61 Å². The topological polar surface area (TPSA) is 32.3 Å². The van der Waals surface area contributed by atoms with Gasteiger partial charge in [-0.05, 0) is 44.9 Å². The summed E-state index contributed by atoms with van der Waals surface area (Å²) in [6.07, 6.45) is 4.46. The predicted molar refractivity (Wildman–Crippen MR) is 67.1 cm³/mol. The molecule has 0 rings (SSSR count). The molecule has 0 saturated heterocycles. The highest BCUT2D eigenvalue weighted by Crippen LogP contribution is 2.21. The molecule has 0 aliphatic carbocycles. The Balaban J connectivity index is 3.59. The van der Waals surface area contributed by atoms with Crippen LogP contribution in [0.3, 0.4) is 0 Å². The molecule has 0 aromatic rings. The van der Waals surface area contributed by atoms with Gasteiger partial charge >= 0.3 is 0 Å². The summed E-state index contributed by atoms with van der Waals surface area (Å²) >= 11 is 0. The van der Waals surface area contributed by atoms with Gasteiger partial charge in [0.1, 0.15) is 0 Å². The van der Waals surface area contributed by atoms with Crippen molar-refractivity contribution in [1.82, 2.24) is 5.32 Å². The molecule has 0 aliphatic rings. The van der Waals surface area contributed by atoms with E-state index in [9.17, 15) is 0 Å². The molecule has 0 saturated carbocycles. The fourth-order valence-corrected chi connectivity index (χ4v) is 1.70. The minimum atomic E-state index is 0.308. The number of hydrogen-bond acceptors (Lipinski definition) is 2.